The van der Waals surface area contributed by atoms with Crippen LogP contribution in [-0.4, -0.2) is 41.7 Å². The molecule has 0 heterocycles. The van der Waals surface area contributed by atoms with Crippen LogP contribution in [0.15, 0.2) is 54.6 Å². The second-order valence-corrected chi connectivity index (χ2v) is 8.33. The first-order valence-corrected chi connectivity index (χ1v) is 11.4. The molecule has 0 aromatic heterocycles. The van der Waals surface area contributed by atoms with Gasteiger partial charge in [0.05, 0.1) is 12.9 Å². The number of carbonyl (C=O) groups excluding carboxylic acids is 2. The van der Waals surface area contributed by atoms with Gasteiger partial charge < -0.3 is 15.0 Å². The van der Waals surface area contributed by atoms with Gasteiger partial charge in [-0.3, -0.25) is 9.59 Å². The van der Waals surface area contributed by atoms with Gasteiger partial charge >= 0.3 is 0 Å². The third-order valence-corrected chi connectivity index (χ3v) is 6.01. The van der Waals surface area contributed by atoms with Crippen molar-refractivity contribution in [3.8, 4) is 5.75 Å². The van der Waals surface area contributed by atoms with E-state index in [2.05, 4.69) is 17.4 Å². The van der Waals surface area contributed by atoms with Crippen molar-refractivity contribution in [2.24, 2.45) is 0 Å². The van der Waals surface area contributed by atoms with E-state index in [1.165, 1.54) is 5.56 Å². The van der Waals surface area contributed by atoms with Gasteiger partial charge in [-0.1, -0.05) is 49.4 Å². The normalized spacial score (nSPS) is 12.7. The number of nitrogens with zero attached hydrogens (tertiary/aromatic N) is 1. The molecule has 0 saturated carbocycles. The van der Waals surface area contributed by atoms with Crippen molar-refractivity contribution in [2.45, 2.75) is 51.6 Å². The molecule has 0 fully saturated rings. The van der Waals surface area contributed by atoms with Crippen LogP contribution in [0.2, 0.25) is 0 Å². The number of hydrogen-bond acceptors (Lipinski definition) is 4. The highest BCUT2D eigenvalue weighted by atomic mass is 32.2. The number of benzene rings is 2. The number of methoxy groups -OCH3 is 1. The Balaban J connectivity index is 2.07. The van der Waals surface area contributed by atoms with Crippen molar-refractivity contribution in [2.75, 3.05) is 12.9 Å². The number of nitrogens with one attached hydrogen (secondary N) is 1. The molecule has 2 aromatic rings. The molecule has 0 spiro atoms. The van der Waals surface area contributed by atoms with E-state index in [9.17, 15) is 9.59 Å². The van der Waals surface area contributed by atoms with E-state index >= 15 is 0 Å². The fourth-order valence-corrected chi connectivity index (χ4v) is 3.76. The summed E-state index contributed by atoms with van der Waals surface area (Å²) >= 11 is 1.56. The van der Waals surface area contributed by atoms with E-state index in [-0.39, 0.29) is 17.9 Å². The number of hydrogen-bond donors (Lipinski definition) is 1. The summed E-state index contributed by atoms with van der Waals surface area (Å²) in [6.45, 7) is 6.16. The zero-order valence-corrected chi connectivity index (χ0v) is 19.1. The summed E-state index contributed by atoms with van der Waals surface area (Å²) in [6, 6.07) is 17.2. The molecule has 2 atom stereocenters. The Bertz CT molecular complexity index is 796. The third-order valence-electron chi connectivity index (χ3n) is 5.02. The summed E-state index contributed by atoms with van der Waals surface area (Å²) in [7, 11) is 1.62. The predicted octanol–water partition coefficient (Wildman–Crippen LogP) is 4.26. The molecular formula is C24H32N2O3S. The van der Waals surface area contributed by atoms with Crippen LogP contribution in [0.5, 0.6) is 5.75 Å². The van der Waals surface area contributed by atoms with E-state index in [1.54, 1.807) is 30.7 Å². The van der Waals surface area contributed by atoms with Crippen molar-refractivity contribution in [3.63, 3.8) is 0 Å². The first-order chi connectivity index (χ1) is 14.4. The summed E-state index contributed by atoms with van der Waals surface area (Å²) in [5, 5.41) is 2.99. The molecule has 0 saturated heterocycles. The summed E-state index contributed by atoms with van der Waals surface area (Å²) in [6.07, 6.45) is 0.845. The van der Waals surface area contributed by atoms with E-state index in [0.717, 1.165) is 23.5 Å². The molecule has 0 radical (unpaired) electrons. The quantitative estimate of drug-likeness (QED) is 0.581. The maximum atomic E-state index is 13.1. The Labute approximate surface area is 184 Å². The molecule has 30 heavy (non-hydrogen) atoms. The van der Waals surface area contributed by atoms with Crippen LogP contribution in [0.4, 0.5) is 0 Å². The van der Waals surface area contributed by atoms with Gasteiger partial charge in [0.1, 0.15) is 11.8 Å². The molecule has 2 aromatic carbocycles. The van der Waals surface area contributed by atoms with Crippen LogP contribution in [-0.2, 0) is 21.9 Å². The average Bonchev–Trinajstić information content (AvgIpc) is 2.77. The van der Waals surface area contributed by atoms with Crippen LogP contribution >= 0.6 is 11.8 Å². The molecule has 0 aliphatic heterocycles. The lowest BCUT2D eigenvalue weighted by atomic mass is 10.1. The number of thioether (sulfide) groups is 1. The highest BCUT2D eigenvalue weighted by molar-refractivity contribution is 7.99. The lowest BCUT2D eigenvalue weighted by molar-refractivity contribution is -0.138. The third kappa shape index (κ3) is 7.41. The molecule has 0 aliphatic rings. The fraction of sp³-hybridized carbons (Fsp3) is 0.417. The molecular weight excluding hydrogens is 396 g/mol. The summed E-state index contributed by atoms with van der Waals surface area (Å²) in [5.74, 6) is 1.68. The van der Waals surface area contributed by atoms with Gasteiger partial charge in [0.2, 0.25) is 11.8 Å². The Kier molecular flexibility index (Phi) is 9.74. The molecule has 0 unspecified atom stereocenters. The van der Waals surface area contributed by atoms with Gasteiger partial charge in [-0.15, -0.1) is 11.8 Å². The second kappa shape index (κ2) is 12.3. The maximum absolute atomic E-state index is 13.1. The molecule has 6 heteroatoms. The van der Waals surface area contributed by atoms with E-state index in [1.807, 2.05) is 56.3 Å². The first kappa shape index (κ1) is 23.8. The minimum Gasteiger partial charge on any atom is -0.497 e. The molecule has 0 bridgehead atoms. The van der Waals surface area contributed by atoms with Crippen LogP contribution < -0.4 is 10.1 Å². The van der Waals surface area contributed by atoms with Gasteiger partial charge in [0, 0.05) is 18.3 Å². The lowest BCUT2D eigenvalue weighted by Gasteiger charge is -2.29. The molecule has 2 amide bonds. The average molecular weight is 429 g/mol. The second-order valence-electron chi connectivity index (χ2n) is 7.34. The summed E-state index contributed by atoms with van der Waals surface area (Å²) in [5.41, 5.74) is 2.14. The van der Waals surface area contributed by atoms with E-state index < -0.39 is 6.04 Å². The highest BCUT2D eigenvalue weighted by Gasteiger charge is 2.26. The van der Waals surface area contributed by atoms with Gasteiger partial charge in [-0.25, -0.2) is 0 Å². The summed E-state index contributed by atoms with van der Waals surface area (Å²) < 4.78 is 5.21. The van der Waals surface area contributed by atoms with E-state index in [4.69, 9.17) is 4.74 Å². The first-order valence-electron chi connectivity index (χ1n) is 10.3. The Hall–Kier alpha value is -2.47. The molecule has 5 nitrogen and oxygen atoms in total. The van der Waals surface area contributed by atoms with Crippen molar-refractivity contribution in [1.82, 2.24) is 10.2 Å². The number of ether oxygens (including phenoxy) is 1. The summed E-state index contributed by atoms with van der Waals surface area (Å²) in [4.78, 5) is 27.4. The Morgan fingerprint density at radius 1 is 1.03 bits per heavy atom. The van der Waals surface area contributed by atoms with Crippen LogP contribution in [0.25, 0.3) is 0 Å². The monoisotopic (exact) mass is 428 g/mol. The zero-order chi connectivity index (χ0) is 21.9. The van der Waals surface area contributed by atoms with Gasteiger partial charge in [-0.2, -0.15) is 0 Å². The highest BCUT2D eigenvalue weighted by Crippen LogP contribution is 2.18. The SMILES string of the molecule is CC[C@@H](C)NC(=O)[C@H](C)N(Cc1ccc(OC)cc1)C(=O)CSCc1ccccc1. The minimum atomic E-state index is -0.550. The lowest BCUT2D eigenvalue weighted by Crippen LogP contribution is -2.50. The number of rotatable bonds is 11. The largest absolute Gasteiger partial charge is 0.497 e. The Morgan fingerprint density at radius 2 is 1.70 bits per heavy atom. The van der Waals surface area contributed by atoms with Crippen LogP contribution in [0.1, 0.15) is 38.3 Å². The van der Waals surface area contributed by atoms with Crippen LogP contribution in [0, 0.1) is 0 Å². The van der Waals surface area contributed by atoms with Crippen molar-refractivity contribution in [3.05, 3.63) is 65.7 Å². The number of amides is 2. The van der Waals surface area contributed by atoms with Gasteiger partial charge in [-0.05, 0) is 43.5 Å². The van der Waals surface area contributed by atoms with Gasteiger partial charge in [0.25, 0.3) is 0 Å². The topological polar surface area (TPSA) is 58.6 Å². The van der Waals surface area contributed by atoms with Gasteiger partial charge in [0.15, 0.2) is 0 Å². The molecule has 2 rings (SSSR count). The number of carbonyl (C=O) groups is 2. The zero-order valence-electron chi connectivity index (χ0n) is 18.3. The predicted molar refractivity (Wildman–Crippen MR) is 124 cm³/mol. The van der Waals surface area contributed by atoms with Crippen molar-refractivity contribution < 1.29 is 14.3 Å². The minimum absolute atomic E-state index is 0.0430. The molecule has 162 valence electrons. The van der Waals surface area contributed by atoms with Crippen molar-refractivity contribution >= 4 is 23.6 Å². The molecule has 0 aliphatic carbocycles. The standard InChI is InChI=1S/C24H32N2O3S/c1-5-18(2)25-24(28)19(3)26(15-20-11-13-22(29-4)14-12-20)23(27)17-30-16-21-9-7-6-8-10-21/h6-14,18-19H,5,15-17H2,1-4H3,(H,25,28)/t18-,19+/m1/s1. The fourth-order valence-electron chi connectivity index (χ4n) is 2.89. The van der Waals surface area contributed by atoms with Crippen molar-refractivity contribution in [1.29, 1.82) is 0 Å². The Morgan fingerprint density at radius 3 is 2.30 bits per heavy atom. The molecule has 1 N–H and O–H groups in total. The van der Waals surface area contributed by atoms with E-state index in [0.29, 0.717) is 12.3 Å². The van der Waals surface area contributed by atoms with Crippen LogP contribution in [0.3, 0.4) is 0 Å². The maximum Gasteiger partial charge on any atom is 0.242 e. The smallest absolute Gasteiger partial charge is 0.242 e.